The van der Waals surface area contributed by atoms with Gasteiger partial charge in [-0.05, 0) is 57.4 Å². The number of hydrogen-bond acceptors (Lipinski definition) is 4. The number of aromatic nitrogens is 1. The van der Waals surface area contributed by atoms with Crippen LogP contribution in [-0.4, -0.2) is 29.2 Å². The Kier molecular flexibility index (Phi) is 5.05. The summed E-state index contributed by atoms with van der Waals surface area (Å²) in [5.41, 5.74) is 0.0726. The molecule has 1 saturated heterocycles. The fourth-order valence-corrected chi connectivity index (χ4v) is 2.61. The van der Waals surface area contributed by atoms with Crippen LogP contribution >= 0.6 is 0 Å². The summed E-state index contributed by atoms with van der Waals surface area (Å²) in [6.07, 6.45) is -1.39. The van der Waals surface area contributed by atoms with Gasteiger partial charge >= 0.3 is 7.12 Å². The number of pyridine rings is 1. The standard InChI is InChI=1S/C19H21BF2N2O3/c1-18(2)19(3,4)27-20(26-18)14-7-5-12(6-8-14)17(25)24-15-11-13(16(21)22)9-10-23-15/h5-11,16H,1-4H3,(H,23,24,25). The molecule has 8 heteroatoms. The number of nitrogens with zero attached hydrogens (tertiary/aromatic N) is 1. The Bertz CT molecular complexity index is 825. The first-order valence-corrected chi connectivity index (χ1v) is 8.60. The van der Waals surface area contributed by atoms with E-state index >= 15 is 0 Å². The molecule has 1 aliphatic heterocycles. The quantitative estimate of drug-likeness (QED) is 0.832. The van der Waals surface area contributed by atoms with E-state index in [0.29, 0.717) is 5.56 Å². The Morgan fingerprint density at radius 2 is 1.67 bits per heavy atom. The van der Waals surface area contributed by atoms with E-state index in [1.165, 1.54) is 12.3 Å². The van der Waals surface area contributed by atoms with Crippen molar-refractivity contribution in [2.75, 3.05) is 5.32 Å². The molecule has 0 atom stereocenters. The molecule has 27 heavy (non-hydrogen) atoms. The second-order valence-corrected chi connectivity index (χ2v) is 7.44. The number of nitrogens with one attached hydrogen (secondary N) is 1. The van der Waals surface area contributed by atoms with E-state index < -0.39 is 30.7 Å². The maximum atomic E-state index is 12.7. The number of alkyl halides is 2. The van der Waals surface area contributed by atoms with Crippen molar-refractivity contribution in [1.82, 2.24) is 4.98 Å². The predicted octanol–water partition coefficient (Wildman–Crippen LogP) is 3.57. The summed E-state index contributed by atoms with van der Waals surface area (Å²) in [7, 11) is -0.517. The van der Waals surface area contributed by atoms with Gasteiger partial charge in [-0.25, -0.2) is 13.8 Å². The highest BCUT2D eigenvalue weighted by atomic mass is 19.3. The minimum Gasteiger partial charge on any atom is -0.399 e. The number of carbonyl (C=O) groups is 1. The number of amides is 1. The Morgan fingerprint density at radius 1 is 1.07 bits per heavy atom. The van der Waals surface area contributed by atoms with Gasteiger partial charge in [0, 0.05) is 17.3 Å². The van der Waals surface area contributed by atoms with Crippen LogP contribution in [0.25, 0.3) is 0 Å². The third-order valence-electron chi connectivity index (χ3n) is 4.98. The van der Waals surface area contributed by atoms with Crippen LogP contribution in [0.4, 0.5) is 14.6 Å². The van der Waals surface area contributed by atoms with Gasteiger partial charge in [0.25, 0.3) is 12.3 Å². The molecular weight excluding hydrogens is 353 g/mol. The normalized spacial score (nSPS) is 18.0. The topological polar surface area (TPSA) is 60.5 Å². The number of halogens is 2. The average Bonchev–Trinajstić information content (AvgIpc) is 2.83. The van der Waals surface area contributed by atoms with Crippen LogP contribution in [0.5, 0.6) is 0 Å². The number of benzene rings is 1. The van der Waals surface area contributed by atoms with Crippen molar-refractivity contribution < 1.29 is 22.9 Å². The summed E-state index contributed by atoms with van der Waals surface area (Å²) in [5, 5.41) is 2.52. The van der Waals surface area contributed by atoms with Gasteiger partial charge in [0.05, 0.1) is 11.2 Å². The minimum atomic E-state index is -2.62. The van der Waals surface area contributed by atoms with Crippen molar-refractivity contribution in [1.29, 1.82) is 0 Å². The van der Waals surface area contributed by atoms with Gasteiger partial charge < -0.3 is 14.6 Å². The van der Waals surface area contributed by atoms with E-state index in [1.807, 2.05) is 27.7 Å². The van der Waals surface area contributed by atoms with E-state index in [1.54, 1.807) is 24.3 Å². The summed E-state index contributed by atoms with van der Waals surface area (Å²) in [5.74, 6) is -0.359. The van der Waals surface area contributed by atoms with Crippen LogP contribution in [0.15, 0.2) is 42.6 Å². The fraction of sp³-hybridized carbons (Fsp3) is 0.368. The summed E-state index contributed by atoms with van der Waals surface area (Å²) in [6.45, 7) is 7.87. The third kappa shape index (κ3) is 4.01. The molecule has 1 aliphatic rings. The predicted molar refractivity (Wildman–Crippen MR) is 99.3 cm³/mol. The summed E-state index contributed by atoms with van der Waals surface area (Å²) in [4.78, 5) is 16.2. The minimum absolute atomic E-state index is 0.0767. The molecule has 0 radical (unpaired) electrons. The highest BCUT2D eigenvalue weighted by Gasteiger charge is 2.51. The first-order chi connectivity index (χ1) is 12.6. The van der Waals surface area contributed by atoms with Gasteiger partial charge in [-0.15, -0.1) is 0 Å². The lowest BCUT2D eigenvalue weighted by Crippen LogP contribution is -2.41. The van der Waals surface area contributed by atoms with Crippen LogP contribution in [0.1, 0.15) is 50.0 Å². The van der Waals surface area contributed by atoms with Gasteiger partial charge in [0.15, 0.2) is 0 Å². The number of anilines is 1. The number of carbonyl (C=O) groups excluding carboxylic acids is 1. The largest absolute Gasteiger partial charge is 0.494 e. The molecule has 2 aromatic rings. The molecule has 5 nitrogen and oxygen atoms in total. The van der Waals surface area contributed by atoms with Crippen LogP contribution < -0.4 is 10.8 Å². The second kappa shape index (κ2) is 7.01. The molecule has 0 saturated carbocycles. The molecule has 0 spiro atoms. The molecule has 1 aromatic heterocycles. The van der Waals surface area contributed by atoms with Gasteiger partial charge in [-0.1, -0.05) is 12.1 Å². The van der Waals surface area contributed by atoms with Gasteiger partial charge in [0.1, 0.15) is 5.82 Å². The Morgan fingerprint density at radius 3 is 2.22 bits per heavy atom. The molecule has 0 aliphatic carbocycles. The molecule has 0 unspecified atom stereocenters. The van der Waals surface area contributed by atoms with Crippen molar-refractivity contribution >= 4 is 24.3 Å². The van der Waals surface area contributed by atoms with Crippen molar-refractivity contribution in [3.05, 3.63) is 53.7 Å². The van der Waals surface area contributed by atoms with Gasteiger partial charge in [-0.3, -0.25) is 4.79 Å². The molecule has 1 N–H and O–H groups in total. The average molecular weight is 374 g/mol. The molecular formula is C19H21BF2N2O3. The molecule has 1 amide bonds. The van der Waals surface area contributed by atoms with E-state index in [0.717, 1.165) is 11.5 Å². The highest BCUT2D eigenvalue weighted by molar-refractivity contribution is 6.62. The maximum absolute atomic E-state index is 12.7. The zero-order valence-electron chi connectivity index (χ0n) is 15.6. The van der Waals surface area contributed by atoms with Crippen molar-refractivity contribution in [3.8, 4) is 0 Å². The molecule has 0 bridgehead atoms. The van der Waals surface area contributed by atoms with Crippen molar-refractivity contribution in [3.63, 3.8) is 0 Å². The zero-order chi connectivity index (χ0) is 19.8. The first-order valence-electron chi connectivity index (χ1n) is 8.60. The summed E-state index contributed by atoms with van der Waals surface area (Å²) >= 11 is 0. The first kappa shape index (κ1) is 19.4. The highest BCUT2D eigenvalue weighted by Crippen LogP contribution is 2.36. The zero-order valence-corrected chi connectivity index (χ0v) is 15.6. The van der Waals surface area contributed by atoms with E-state index in [-0.39, 0.29) is 11.4 Å². The molecule has 3 rings (SSSR count). The lowest BCUT2D eigenvalue weighted by Gasteiger charge is -2.32. The molecule has 1 aromatic carbocycles. The Labute approximate surface area is 157 Å². The maximum Gasteiger partial charge on any atom is 0.494 e. The third-order valence-corrected chi connectivity index (χ3v) is 4.98. The van der Waals surface area contributed by atoms with Crippen LogP contribution in [-0.2, 0) is 9.31 Å². The fourth-order valence-electron chi connectivity index (χ4n) is 2.61. The Balaban J connectivity index is 1.70. The lowest BCUT2D eigenvalue weighted by molar-refractivity contribution is 0.00578. The van der Waals surface area contributed by atoms with Crippen LogP contribution in [0, 0.1) is 0 Å². The smallest absolute Gasteiger partial charge is 0.399 e. The van der Waals surface area contributed by atoms with E-state index in [9.17, 15) is 13.6 Å². The second-order valence-electron chi connectivity index (χ2n) is 7.44. The van der Waals surface area contributed by atoms with Crippen LogP contribution in [0.3, 0.4) is 0 Å². The number of hydrogen-bond donors (Lipinski definition) is 1. The van der Waals surface area contributed by atoms with E-state index in [4.69, 9.17) is 9.31 Å². The summed E-state index contributed by atoms with van der Waals surface area (Å²) in [6, 6.07) is 9.13. The van der Waals surface area contributed by atoms with Crippen LogP contribution in [0.2, 0.25) is 0 Å². The van der Waals surface area contributed by atoms with E-state index in [2.05, 4.69) is 10.3 Å². The SMILES string of the molecule is CC1(C)OB(c2ccc(C(=O)Nc3cc(C(F)F)ccn3)cc2)OC1(C)C. The van der Waals surface area contributed by atoms with Gasteiger partial charge in [-0.2, -0.15) is 0 Å². The van der Waals surface area contributed by atoms with Gasteiger partial charge in [0.2, 0.25) is 0 Å². The number of rotatable bonds is 4. The molecule has 2 heterocycles. The Hall–Kier alpha value is -2.32. The van der Waals surface area contributed by atoms with Crippen molar-refractivity contribution in [2.24, 2.45) is 0 Å². The van der Waals surface area contributed by atoms with Crippen molar-refractivity contribution in [2.45, 2.75) is 45.3 Å². The lowest BCUT2D eigenvalue weighted by atomic mass is 9.79. The monoisotopic (exact) mass is 374 g/mol. The molecule has 1 fully saturated rings. The summed E-state index contributed by atoms with van der Waals surface area (Å²) < 4.78 is 37.4. The molecule has 142 valence electrons.